The van der Waals surface area contributed by atoms with E-state index in [2.05, 4.69) is 9.97 Å². The Labute approximate surface area is 168 Å². The number of hydrogen-bond acceptors (Lipinski definition) is 5. The molecule has 8 nitrogen and oxygen atoms in total. The van der Waals surface area contributed by atoms with Crippen LogP contribution in [-0.2, 0) is 13.6 Å². The van der Waals surface area contributed by atoms with E-state index in [4.69, 9.17) is 4.74 Å². The van der Waals surface area contributed by atoms with E-state index in [1.807, 2.05) is 24.0 Å². The zero-order chi connectivity index (χ0) is 20.4. The van der Waals surface area contributed by atoms with Crippen molar-refractivity contribution in [2.45, 2.75) is 26.3 Å². The van der Waals surface area contributed by atoms with E-state index in [9.17, 15) is 9.59 Å². The molecule has 1 aliphatic rings. The maximum atomic E-state index is 12.7. The molecule has 0 saturated carbocycles. The Balaban J connectivity index is 1.40. The van der Waals surface area contributed by atoms with Crippen molar-refractivity contribution in [3.8, 4) is 5.88 Å². The average molecular weight is 395 g/mol. The summed E-state index contributed by atoms with van der Waals surface area (Å²) in [6, 6.07) is 7.23. The number of likely N-dealkylation sites (tertiary alicyclic amines) is 1. The highest BCUT2D eigenvalue weighted by Crippen LogP contribution is 2.22. The maximum Gasteiger partial charge on any atom is 0.330 e. The summed E-state index contributed by atoms with van der Waals surface area (Å²) in [5, 5.41) is 0. The third-order valence-electron chi connectivity index (χ3n) is 5.52. The molecule has 152 valence electrons. The minimum atomic E-state index is -0.0438. The first kappa shape index (κ1) is 19.2. The van der Waals surface area contributed by atoms with Crippen molar-refractivity contribution in [2.24, 2.45) is 13.0 Å². The minimum Gasteiger partial charge on any atom is -0.478 e. The van der Waals surface area contributed by atoms with E-state index in [0.29, 0.717) is 43.6 Å². The number of nitrogens with zero attached hydrogens (tertiary/aromatic N) is 5. The van der Waals surface area contributed by atoms with Crippen LogP contribution in [0.4, 0.5) is 0 Å². The van der Waals surface area contributed by atoms with Crippen molar-refractivity contribution in [3.63, 3.8) is 0 Å². The minimum absolute atomic E-state index is 0.0111. The molecule has 1 saturated heterocycles. The molecule has 4 heterocycles. The number of ether oxygens (including phenoxy) is 1. The molecule has 0 radical (unpaired) electrons. The van der Waals surface area contributed by atoms with Gasteiger partial charge in [0, 0.05) is 45.1 Å². The smallest absolute Gasteiger partial charge is 0.330 e. The fourth-order valence-electron chi connectivity index (χ4n) is 3.90. The molecule has 0 bridgehead atoms. The molecule has 0 atom stereocenters. The highest BCUT2D eigenvalue weighted by Gasteiger charge is 2.25. The van der Waals surface area contributed by atoms with Crippen LogP contribution in [0.2, 0.25) is 0 Å². The van der Waals surface area contributed by atoms with Crippen molar-refractivity contribution >= 4 is 17.1 Å². The number of aromatic nitrogens is 4. The van der Waals surface area contributed by atoms with Gasteiger partial charge in [0.2, 0.25) is 5.88 Å². The van der Waals surface area contributed by atoms with Crippen LogP contribution < -0.4 is 10.4 Å². The van der Waals surface area contributed by atoms with E-state index in [1.165, 1.54) is 0 Å². The Bertz CT molecular complexity index is 1060. The SMILES string of the molecule is CCOc1ccc(C(=O)N2CCC(Cn3c(=O)n(C)c4cccnc43)CC2)cn1. The van der Waals surface area contributed by atoms with Crippen molar-refractivity contribution < 1.29 is 9.53 Å². The van der Waals surface area contributed by atoms with Crippen LogP contribution in [-0.4, -0.2) is 49.6 Å². The number of carbonyl (C=O) groups excluding carboxylic acids is 1. The molecule has 0 aliphatic carbocycles. The fourth-order valence-corrected chi connectivity index (χ4v) is 3.90. The van der Waals surface area contributed by atoms with Crippen LogP contribution >= 0.6 is 0 Å². The number of hydrogen-bond donors (Lipinski definition) is 0. The van der Waals surface area contributed by atoms with Crippen molar-refractivity contribution in [3.05, 3.63) is 52.7 Å². The number of aryl methyl sites for hydroxylation is 1. The Hall–Kier alpha value is -3.16. The third kappa shape index (κ3) is 3.74. The van der Waals surface area contributed by atoms with Gasteiger partial charge in [-0.15, -0.1) is 0 Å². The quantitative estimate of drug-likeness (QED) is 0.661. The zero-order valence-corrected chi connectivity index (χ0v) is 16.7. The van der Waals surface area contributed by atoms with Crippen molar-refractivity contribution in [1.29, 1.82) is 0 Å². The van der Waals surface area contributed by atoms with Crippen LogP contribution in [0.3, 0.4) is 0 Å². The van der Waals surface area contributed by atoms with Crippen LogP contribution in [0.15, 0.2) is 41.5 Å². The summed E-state index contributed by atoms with van der Waals surface area (Å²) < 4.78 is 8.72. The topological polar surface area (TPSA) is 82.2 Å². The molecule has 8 heteroatoms. The monoisotopic (exact) mass is 395 g/mol. The van der Waals surface area contributed by atoms with Crippen LogP contribution in [0.25, 0.3) is 11.2 Å². The molecule has 1 amide bonds. The lowest BCUT2D eigenvalue weighted by Crippen LogP contribution is -2.40. The van der Waals surface area contributed by atoms with Crippen molar-refractivity contribution in [1.82, 2.24) is 24.0 Å². The van der Waals surface area contributed by atoms with Gasteiger partial charge in [-0.25, -0.2) is 14.8 Å². The summed E-state index contributed by atoms with van der Waals surface area (Å²) in [7, 11) is 1.77. The van der Waals surface area contributed by atoms with Gasteiger partial charge in [-0.05, 0) is 43.9 Å². The summed E-state index contributed by atoms with van der Waals surface area (Å²) >= 11 is 0. The van der Waals surface area contributed by atoms with Gasteiger partial charge in [0.1, 0.15) is 0 Å². The van der Waals surface area contributed by atoms with Gasteiger partial charge < -0.3 is 9.64 Å². The summed E-state index contributed by atoms with van der Waals surface area (Å²) in [5.41, 5.74) is 2.09. The molecule has 4 rings (SSSR count). The molecule has 0 N–H and O–H groups in total. The lowest BCUT2D eigenvalue weighted by molar-refractivity contribution is 0.0682. The first-order valence-electron chi connectivity index (χ1n) is 9.97. The maximum absolute atomic E-state index is 12.7. The highest BCUT2D eigenvalue weighted by molar-refractivity contribution is 5.94. The van der Waals surface area contributed by atoms with Crippen LogP contribution in [0, 0.1) is 5.92 Å². The van der Waals surface area contributed by atoms with Crippen molar-refractivity contribution in [2.75, 3.05) is 19.7 Å². The number of rotatable bonds is 5. The summed E-state index contributed by atoms with van der Waals surface area (Å²) in [6.45, 7) is 4.41. The van der Waals surface area contributed by atoms with Gasteiger partial charge in [0.25, 0.3) is 5.91 Å². The van der Waals surface area contributed by atoms with E-state index in [-0.39, 0.29) is 11.6 Å². The molecule has 0 spiro atoms. The Morgan fingerprint density at radius 3 is 2.69 bits per heavy atom. The summed E-state index contributed by atoms with van der Waals surface area (Å²) in [4.78, 5) is 35.8. The van der Waals surface area contributed by atoms with Gasteiger partial charge >= 0.3 is 5.69 Å². The molecular weight excluding hydrogens is 370 g/mol. The van der Waals surface area contributed by atoms with E-state index in [0.717, 1.165) is 24.0 Å². The second kappa shape index (κ2) is 8.06. The molecule has 0 aromatic carbocycles. The first-order chi connectivity index (χ1) is 14.1. The van der Waals surface area contributed by atoms with Gasteiger partial charge in [-0.3, -0.25) is 13.9 Å². The molecule has 3 aromatic heterocycles. The number of piperidine rings is 1. The molecule has 1 aliphatic heterocycles. The summed E-state index contributed by atoms with van der Waals surface area (Å²) in [5.74, 6) is 0.850. The van der Waals surface area contributed by atoms with Gasteiger partial charge in [-0.1, -0.05) is 0 Å². The van der Waals surface area contributed by atoms with E-state index >= 15 is 0 Å². The predicted octanol–water partition coefficient (Wildman–Crippen LogP) is 2.08. The van der Waals surface area contributed by atoms with Crippen LogP contribution in [0.5, 0.6) is 5.88 Å². The first-order valence-corrected chi connectivity index (χ1v) is 9.97. The van der Waals surface area contributed by atoms with Gasteiger partial charge in [0.15, 0.2) is 5.65 Å². The second-order valence-electron chi connectivity index (χ2n) is 7.35. The number of imidazole rings is 1. The normalized spacial score (nSPS) is 15.0. The lowest BCUT2D eigenvalue weighted by Gasteiger charge is -2.32. The Morgan fingerprint density at radius 2 is 2.00 bits per heavy atom. The number of fused-ring (bicyclic) bond motifs is 1. The standard InChI is InChI=1S/C21H25N5O3/c1-3-29-18-7-6-16(13-23-18)20(27)25-11-8-15(9-12-25)14-26-19-17(5-4-10-22-19)24(2)21(26)28/h4-7,10,13,15H,3,8-9,11-12,14H2,1-2H3. The van der Waals surface area contributed by atoms with E-state index in [1.54, 1.807) is 40.7 Å². The van der Waals surface area contributed by atoms with E-state index < -0.39 is 0 Å². The molecule has 1 fully saturated rings. The largest absolute Gasteiger partial charge is 0.478 e. The Kier molecular flexibility index (Phi) is 5.33. The fraction of sp³-hybridized carbons (Fsp3) is 0.429. The predicted molar refractivity (Wildman–Crippen MR) is 109 cm³/mol. The molecule has 0 unspecified atom stereocenters. The molecule has 29 heavy (non-hydrogen) atoms. The summed E-state index contributed by atoms with van der Waals surface area (Å²) in [6.07, 6.45) is 4.99. The number of pyridine rings is 2. The van der Waals surface area contributed by atoms with Gasteiger partial charge in [-0.2, -0.15) is 0 Å². The highest BCUT2D eigenvalue weighted by atomic mass is 16.5. The molecular formula is C21H25N5O3. The number of amides is 1. The van der Waals surface area contributed by atoms with Gasteiger partial charge in [0.05, 0.1) is 17.7 Å². The second-order valence-corrected chi connectivity index (χ2v) is 7.35. The average Bonchev–Trinajstić information content (AvgIpc) is 3.00. The zero-order valence-electron chi connectivity index (χ0n) is 16.7. The number of carbonyl (C=O) groups is 1. The third-order valence-corrected chi connectivity index (χ3v) is 5.52. The Morgan fingerprint density at radius 1 is 1.21 bits per heavy atom. The lowest BCUT2D eigenvalue weighted by atomic mass is 9.96. The van der Waals surface area contributed by atoms with Crippen LogP contribution in [0.1, 0.15) is 30.1 Å². The molecule has 3 aromatic rings.